The van der Waals surface area contributed by atoms with E-state index in [1.165, 1.54) is 29.8 Å². The molecule has 1 fully saturated rings. The molecular formula is C19H32N4. The molecule has 2 bridgehead atoms. The molecule has 0 aromatic heterocycles. The zero-order valence-electron chi connectivity index (χ0n) is 15.3. The predicted molar refractivity (Wildman–Crippen MR) is 97.2 cm³/mol. The van der Waals surface area contributed by atoms with Gasteiger partial charge >= 0.3 is 0 Å². The minimum Gasteiger partial charge on any atom is -0.291 e. The summed E-state index contributed by atoms with van der Waals surface area (Å²) in [7, 11) is 0. The van der Waals surface area contributed by atoms with E-state index < -0.39 is 0 Å². The molecule has 0 aliphatic carbocycles. The fourth-order valence-corrected chi connectivity index (χ4v) is 3.87. The first-order valence-corrected chi connectivity index (χ1v) is 9.13. The van der Waals surface area contributed by atoms with E-state index >= 15 is 0 Å². The summed E-state index contributed by atoms with van der Waals surface area (Å²) in [6, 6.07) is 6.94. The maximum absolute atomic E-state index is 2.63. The van der Waals surface area contributed by atoms with Crippen molar-refractivity contribution in [2.24, 2.45) is 5.92 Å². The molecule has 1 aromatic carbocycles. The van der Waals surface area contributed by atoms with Gasteiger partial charge in [-0.05, 0) is 30.9 Å². The van der Waals surface area contributed by atoms with E-state index in [1.54, 1.807) is 0 Å². The highest BCUT2D eigenvalue weighted by molar-refractivity contribution is 5.55. The summed E-state index contributed by atoms with van der Waals surface area (Å²) >= 11 is 0. The van der Waals surface area contributed by atoms with Gasteiger partial charge < -0.3 is 0 Å². The zero-order valence-corrected chi connectivity index (χ0v) is 15.3. The van der Waals surface area contributed by atoms with E-state index in [4.69, 9.17) is 0 Å². The lowest BCUT2D eigenvalue weighted by molar-refractivity contribution is 0.0485. The van der Waals surface area contributed by atoms with Gasteiger partial charge in [0.25, 0.3) is 0 Å². The van der Waals surface area contributed by atoms with Gasteiger partial charge in [-0.1, -0.05) is 38.5 Å². The molecule has 0 amide bonds. The number of hydrogen-bond donors (Lipinski definition) is 0. The van der Waals surface area contributed by atoms with E-state index in [0.717, 1.165) is 45.4 Å². The number of fused-ring (bicyclic) bond motifs is 4. The Balaban J connectivity index is 1.88. The second kappa shape index (κ2) is 7.20. The van der Waals surface area contributed by atoms with Gasteiger partial charge in [-0.3, -0.25) is 14.8 Å². The summed E-state index contributed by atoms with van der Waals surface area (Å²) in [5.41, 5.74) is 4.25. The van der Waals surface area contributed by atoms with Crippen LogP contribution in [0.3, 0.4) is 0 Å². The minimum absolute atomic E-state index is 0.726. The molecule has 2 aliphatic heterocycles. The van der Waals surface area contributed by atoms with E-state index in [2.05, 4.69) is 65.7 Å². The number of rotatable bonds is 4. The summed E-state index contributed by atoms with van der Waals surface area (Å²) in [4.78, 5) is 5.22. The van der Waals surface area contributed by atoms with Crippen molar-refractivity contribution in [2.75, 3.05) is 44.5 Å². The van der Waals surface area contributed by atoms with Crippen molar-refractivity contribution in [1.29, 1.82) is 0 Å². The standard InChI is InChI=1S/C19H32N4/c1-5-8-22-10-9-20(12-16(2)3)14-21-13-18-11-17(4)6-7-19(18)23(22)15-21/h6-7,11,16H,5,8-10,12-15H2,1-4H3. The Morgan fingerprint density at radius 1 is 1.13 bits per heavy atom. The Kier molecular flexibility index (Phi) is 5.24. The Labute approximate surface area is 141 Å². The van der Waals surface area contributed by atoms with Gasteiger partial charge in [0.15, 0.2) is 0 Å². The quantitative estimate of drug-likeness (QED) is 0.846. The van der Waals surface area contributed by atoms with Gasteiger partial charge in [0.05, 0.1) is 19.0 Å². The van der Waals surface area contributed by atoms with Crippen molar-refractivity contribution in [3.05, 3.63) is 29.3 Å². The highest BCUT2D eigenvalue weighted by Gasteiger charge is 2.30. The minimum atomic E-state index is 0.726. The molecule has 3 rings (SSSR count). The van der Waals surface area contributed by atoms with Crippen LogP contribution in [0.1, 0.15) is 38.3 Å². The topological polar surface area (TPSA) is 13.0 Å². The van der Waals surface area contributed by atoms with Crippen LogP contribution >= 0.6 is 0 Å². The SMILES string of the molecule is CCCN1CCN(CC(C)C)CN2Cc3cc(C)ccc3N1C2. The maximum Gasteiger partial charge on any atom is 0.0879 e. The second-order valence-corrected chi connectivity index (χ2v) is 7.57. The lowest BCUT2D eigenvalue weighted by atomic mass is 10.1. The molecule has 0 spiro atoms. The van der Waals surface area contributed by atoms with Gasteiger partial charge in [0.1, 0.15) is 0 Å². The Morgan fingerprint density at radius 3 is 2.70 bits per heavy atom. The van der Waals surface area contributed by atoms with Crippen LogP contribution in [0.25, 0.3) is 0 Å². The monoisotopic (exact) mass is 316 g/mol. The van der Waals surface area contributed by atoms with Crippen molar-refractivity contribution < 1.29 is 0 Å². The summed E-state index contributed by atoms with van der Waals surface area (Å²) in [6.45, 7) is 16.9. The van der Waals surface area contributed by atoms with Gasteiger partial charge in [-0.2, -0.15) is 0 Å². The van der Waals surface area contributed by atoms with Crippen molar-refractivity contribution in [2.45, 2.75) is 40.7 Å². The van der Waals surface area contributed by atoms with Crippen LogP contribution in [0.15, 0.2) is 18.2 Å². The first-order valence-electron chi connectivity index (χ1n) is 9.13. The molecule has 1 atom stereocenters. The molecule has 1 aromatic rings. The number of anilines is 1. The number of hydrazine groups is 1. The molecule has 0 radical (unpaired) electrons. The van der Waals surface area contributed by atoms with Gasteiger partial charge in [-0.15, -0.1) is 0 Å². The van der Waals surface area contributed by atoms with Crippen LogP contribution in [0.5, 0.6) is 0 Å². The third kappa shape index (κ3) is 3.87. The van der Waals surface area contributed by atoms with Crippen LogP contribution in [-0.4, -0.2) is 54.3 Å². The molecule has 23 heavy (non-hydrogen) atoms. The average Bonchev–Trinajstić information content (AvgIpc) is 2.48. The van der Waals surface area contributed by atoms with E-state index in [9.17, 15) is 0 Å². The molecule has 2 aliphatic rings. The Hall–Kier alpha value is -1.10. The highest BCUT2D eigenvalue weighted by Crippen LogP contribution is 2.30. The lowest BCUT2D eigenvalue weighted by Crippen LogP contribution is -2.58. The van der Waals surface area contributed by atoms with Crippen LogP contribution in [0.4, 0.5) is 5.69 Å². The zero-order chi connectivity index (χ0) is 16.4. The molecule has 4 nitrogen and oxygen atoms in total. The molecule has 0 N–H and O–H groups in total. The number of hydrogen-bond acceptors (Lipinski definition) is 4. The highest BCUT2D eigenvalue weighted by atomic mass is 15.7. The number of nitrogens with zero attached hydrogens (tertiary/aromatic N) is 4. The lowest BCUT2D eigenvalue weighted by Gasteiger charge is -2.48. The fraction of sp³-hybridized carbons (Fsp3) is 0.684. The maximum atomic E-state index is 2.63. The van der Waals surface area contributed by atoms with E-state index in [0.29, 0.717) is 0 Å². The van der Waals surface area contributed by atoms with Crippen molar-refractivity contribution in [1.82, 2.24) is 14.8 Å². The van der Waals surface area contributed by atoms with Crippen LogP contribution in [-0.2, 0) is 6.54 Å². The molecule has 0 saturated carbocycles. The van der Waals surface area contributed by atoms with Gasteiger partial charge in [0.2, 0.25) is 0 Å². The summed E-state index contributed by atoms with van der Waals surface area (Å²) < 4.78 is 0. The van der Waals surface area contributed by atoms with Crippen LogP contribution in [0, 0.1) is 12.8 Å². The Morgan fingerprint density at radius 2 is 1.96 bits per heavy atom. The fourth-order valence-electron chi connectivity index (χ4n) is 3.87. The molecule has 1 saturated heterocycles. The third-order valence-corrected chi connectivity index (χ3v) is 4.76. The average molecular weight is 316 g/mol. The second-order valence-electron chi connectivity index (χ2n) is 7.57. The summed E-state index contributed by atoms with van der Waals surface area (Å²) in [6.07, 6.45) is 1.20. The largest absolute Gasteiger partial charge is 0.291 e. The number of benzene rings is 1. The smallest absolute Gasteiger partial charge is 0.0879 e. The summed E-state index contributed by atoms with van der Waals surface area (Å²) in [5, 5.41) is 5.08. The van der Waals surface area contributed by atoms with Gasteiger partial charge in [-0.25, -0.2) is 5.01 Å². The summed E-state index contributed by atoms with van der Waals surface area (Å²) in [5.74, 6) is 0.726. The normalized spacial score (nSPS) is 22.8. The third-order valence-electron chi connectivity index (χ3n) is 4.76. The van der Waals surface area contributed by atoms with E-state index in [-0.39, 0.29) is 0 Å². The molecular weight excluding hydrogens is 284 g/mol. The van der Waals surface area contributed by atoms with Gasteiger partial charge in [0, 0.05) is 32.7 Å². The van der Waals surface area contributed by atoms with Crippen molar-refractivity contribution in [3.8, 4) is 0 Å². The van der Waals surface area contributed by atoms with Crippen LogP contribution < -0.4 is 5.01 Å². The first-order chi connectivity index (χ1) is 11.1. The molecule has 2 heterocycles. The molecule has 4 heteroatoms. The van der Waals surface area contributed by atoms with Crippen molar-refractivity contribution >= 4 is 5.69 Å². The van der Waals surface area contributed by atoms with Crippen LogP contribution in [0.2, 0.25) is 0 Å². The first kappa shape index (κ1) is 16.7. The Bertz CT molecular complexity index is 528. The van der Waals surface area contributed by atoms with E-state index in [1.807, 2.05) is 0 Å². The number of aryl methyl sites for hydroxylation is 1. The van der Waals surface area contributed by atoms with Crippen molar-refractivity contribution in [3.63, 3.8) is 0 Å². The molecule has 128 valence electrons. The predicted octanol–water partition coefficient (Wildman–Crippen LogP) is 3.13. The molecule has 1 unspecified atom stereocenters.